The summed E-state index contributed by atoms with van der Waals surface area (Å²) in [5.41, 5.74) is 6.21. The third kappa shape index (κ3) is 3.08. The van der Waals surface area contributed by atoms with Gasteiger partial charge in [-0.3, -0.25) is 14.9 Å². The fourth-order valence-corrected chi connectivity index (χ4v) is 4.63. The number of carboxylic acid groups (broad SMARTS) is 1. The van der Waals surface area contributed by atoms with Crippen molar-refractivity contribution in [3.05, 3.63) is 95.1 Å². The van der Waals surface area contributed by atoms with Gasteiger partial charge in [-0.15, -0.1) is 0 Å². The predicted octanol–water partition coefficient (Wildman–Crippen LogP) is 3.68. The average molecular weight is 399 g/mol. The lowest BCUT2D eigenvalue weighted by Gasteiger charge is -2.30. The van der Waals surface area contributed by atoms with Crippen molar-refractivity contribution in [3.63, 3.8) is 0 Å². The first-order valence-electron chi connectivity index (χ1n) is 10.0. The molecule has 0 spiro atoms. The minimum Gasteiger partial charge on any atom is -0.480 e. The summed E-state index contributed by atoms with van der Waals surface area (Å²) in [5.74, 6) is -1.44. The number of hydrogen-bond donors (Lipinski definition) is 2. The number of hydrogen-bond acceptors (Lipinski definition) is 4. The normalized spacial score (nSPS) is 19.5. The van der Waals surface area contributed by atoms with Crippen LogP contribution in [0.4, 0.5) is 0 Å². The highest BCUT2D eigenvalue weighted by Gasteiger charge is 2.36. The number of rotatable bonds is 4. The van der Waals surface area contributed by atoms with Crippen molar-refractivity contribution in [1.82, 2.24) is 5.32 Å². The highest BCUT2D eigenvalue weighted by atomic mass is 16.5. The third-order valence-electron chi connectivity index (χ3n) is 6.04. The zero-order valence-electron chi connectivity index (χ0n) is 16.2. The lowest BCUT2D eigenvalue weighted by atomic mass is 9.90. The molecule has 3 aromatic carbocycles. The average Bonchev–Trinajstić information content (AvgIpc) is 3.10. The molecule has 5 nitrogen and oxygen atoms in total. The van der Waals surface area contributed by atoms with Crippen molar-refractivity contribution in [1.29, 1.82) is 0 Å². The smallest absolute Gasteiger partial charge is 0.325 e. The van der Waals surface area contributed by atoms with Gasteiger partial charge in [0.15, 0.2) is 0 Å². The van der Waals surface area contributed by atoms with Gasteiger partial charge >= 0.3 is 11.9 Å². The summed E-state index contributed by atoms with van der Waals surface area (Å²) in [5, 5.41) is 12.5. The molecule has 1 unspecified atom stereocenters. The number of carboxylic acids is 1. The zero-order valence-corrected chi connectivity index (χ0v) is 16.2. The van der Waals surface area contributed by atoms with E-state index in [1.807, 2.05) is 42.5 Å². The molecule has 30 heavy (non-hydrogen) atoms. The standard InChI is InChI=1S/C25H21NO4/c27-24(28)23-16-8-2-1-7-15(16)13-22(26-23)25(29)30-14-21-19-11-5-3-9-17(19)18-10-4-6-12-20(18)21/h1-12,21-23,26H,13-14H2,(H,27,28)/t22?,23-/m1/s1. The van der Waals surface area contributed by atoms with Crippen molar-refractivity contribution in [2.24, 2.45) is 0 Å². The van der Waals surface area contributed by atoms with Crippen LogP contribution in [0.1, 0.15) is 34.2 Å². The second kappa shape index (κ2) is 7.43. The summed E-state index contributed by atoms with van der Waals surface area (Å²) in [6, 6.07) is 22.1. The molecule has 5 rings (SSSR count). The van der Waals surface area contributed by atoms with Crippen LogP contribution in [-0.2, 0) is 20.7 Å². The number of ether oxygens (including phenoxy) is 1. The molecule has 0 saturated carbocycles. The minimum atomic E-state index is -1.00. The van der Waals surface area contributed by atoms with Crippen molar-refractivity contribution in [2.75, 3.05) is 6.61 Å². The van der Waals surface area contributed by atoms with Crippen LogP contribution in [0.3, 0.4) is 0 Å². The van der Waals surface area contributed by atoms with E-state index in [0.717, 1.165) is 16.7 Å². The van der Waals surface area contributed by atoms with E-state index < -0.39 is 24.0 Å². The lowest BCUT2D eigenvalue weighted by molar-refractivity contribution is -0.148. The molecule has 3 aromatic rings. The van der Waals surface area contributed by atoms with Crippen LogP contribution in [0.25, 0.3) is 11.1 Å². The zero-order chi connectivity index (χ0) is 20.7. The Bertz CT molecular complexity index is 1090. The Kier molecular flexibility index (Phi) is 4.60. The Morgan fingerprint density at radius 2 is 1.43 bits per heavy atom. The van der Waals surface area contributed by atoms with Gasteiger partial charge in [0.2, 0.25) is 0 Å². The minimum absolute atomic E-state index is 0.0208. The third-order valence-corrected chi connectivity index (χ3v) is 6.04. The fraction of sp³-hybridized carbons (Fsp3) is 0.200. The number of benzene rings is 3. The number of carbonyl (C=O) groups is 2. The van der Waals surface area contributed by atoms with E-state index in [1.54, 1.807) is 6.07 Å². The first kappa shape index (κ1) is 18.6. The first-order chi connectivity index (χ1) is 14.6. The molecule has 150 valence electrons. The van der Waals surface area contributed by atoms with Crippen molar-refractivity contribution < 1.29 is 19.4 Å². The quantitative estimate of drug-likeness (QED) is 0.655. The van der Waals surface area contributed by atoms with E-state index in [2.05, 4.69) is 29.6 Å². The summed E-state index contributed by atoms with van der Waals surface area (Å²) in [6.45, 7) is 0.227. The van der Waals surface area contributed by atoms with E-state index in [4.69, 9.17) is 4.74 Å². The largest absolute Gasteiger partial charge is 0.480 e. The van der Waals surface area contributed by atoms with Crippen LogP contribution >= 0.6 is 0 Å². The van der Waals surface area contributed by atoms with Crippen LogP contribution in [0.15, 0.2) is 72.8 Å². The first-order valence-corrected chi connectivity index (χ1v) is 10.0. The molecule has 0 amide bonds. The van der Waals surface area contributed by atoms with Crippen LogP contribution < -0.4 is 5.32 Å². The van der Waals surface area contributed by atoms with Gasteiger partial charge in [-0.1, -0.05) is 72.8 Å². The molecule has 0 saturated heterocycles. The van der Waals surface area contributed by atoms with Crippen molar-refractivity contribution >= 4 is 11.9 Å². The molecular weight excluding hydrogens is 378 g/mol. The molecule has 1 aliphatic carbocycles. The Morgan fingerprint density at radius 3 is 2.07 bits per heavy atom. The van der Waals surface area contributed by atoms with Gasteiger partial charge in [0.1, 0.15) is 18.7 Å². The van der Waals surface area contributed by atoms with Gasteiger partial charge in [0, 0.05) is 5.92 Å². The van der Waals surface area contributed by atoms with Gasteiger partial charge in [-0.25, -0.2) is 0 Å². The van der Waals surface area contributed by atoms with E-state index in [1.165, 1.54) is 11.1 Å². The Labute approximate surface area is 174 Å². The monoisotopic (exact) mass is 399 g/mol. The number of carbonyl (C=O) groups excluding carboxylic acids is 1. The molecule has 5 heteroatoms. The second-order valence-corrected chi connectivity index (χ2v) is 7.75. The summed E-state index contributed by atoms with van der Waals surface area (Å²) in [4.78, 5) is 24.6. The van der Waals surface area contributed by atoms with E-state index in [0.29, 0.717) is 12.0 Å². The van der Waals surface area contributed by atoms with Gasteiger partial charge in [0.05, 0.1) is 0 Å². The topological polar surface area (TPSA) is 75.6 Å². The molecule has 0 bridgehead atoms. The highest BCUT2D eigenvalue weighted by molar-refractivity contribution is 5.82. The SMILES string of the molecule is O=C(OCC1c2ccccc2-c2ccccc21)C1Cc2ccccc2[C@H](C(=O)O)N1. The molecule has 1 aliphatic heterocycles. The van der Waals surface area contributed by atoms with Crippen LogP contribution in [0.2, 0.25) is 0 Å². The van der Waals surface area contributed by atoms with E-state index in [-0.39, 0.29) is 12.5 Å². The Hall–Kier alpha value is -3.44. The lowest BCUT2D eigenvalue weighted by Crippen LogP contribution is -2.48. The molecule has 2 N–H and O–H groups in total. The van der Waals surface area contributed by atoms with Gasteiger partial charge in [-0.2, -0.15) is 0 Å². The fourth-order valence-electron chi connectivity index (χ4n) is 4.63. The number of aliphatic carboxylic acids is 1. The number of fused-ring (bicyclic) bond motifs is 4. The summed E-state index contributed by atoms with van der Waals surface area (Å²) < 4.78 is 5.73. The van der Waals surface area contributed by atoms with Crippen LogP contribution in [0, 0.1) is 0 Å². The van der Waals surface area contributed by atoms with E-state index in [9.17, 15) is 14.7 Å². The van der Waals surface area contributed by atoms with E-state index >= 15 is 0 Å². The molecule has 0 radical (unpaired) electrons. The summed E-state index contributed by atoms with van der Waals surface area (Å²) in [7, 11) is 0. The van der Waals surface area contributed by atoms with Crippen LogP contribution in [0.5, 0.6) is 0 Å². The second-order valence-electron chi connectivity index (χ2n) is 7.75. The summed E-state index contributed by atoms with van der Waals surface area (Å²) >= 11 is 0. The maximum atomic E-state index is 12.9. The van der Waals surface area contributed by atoms with Gasteiger partial charge in [-0.05, 0) is 39.8 Å². The number of nitrogens with one attached hydrogen (secondary N) is 1. The maximum Gasteiger partial charge on any atom is 0.325 e. The van der Waals surface area contributed by atoms with Gasteiger partial charge < -0.3 is 9.84 Å². The molecule has 0 fully saturated rings. The molecule has 2 aliphatic rings. The van der Waals surface area contributed by atoms with Crippen molar-refractivity contribution in [3.8, 4) is 11.1 Å². The Morgan fingerprint density at radius 1 is 0.867 bits per heavy atom. The van der Waals surface area contributed by atoms with Gasteiger partial charge in [0.25, 0.3) is 0 Å². The molecule has 2 atom stereocenters. The highest BCUT2D eigenvalue weighted by Crippen LogP contribution is 2.44. The summed E-state index contributed by atoms with van der Waals surface area (Å²) in [6.07, 6.45) is 0.413. The number of esters is 1. The Balaban J connectivity index is 1.35. The maximum absolute atomic E-state index is 12.9. The van der Waals surface area contributed by atoms with Crippen LogP contribution in [-0.4, -0.2) is 29.7 Å². The molecule has 1 heterocycles. The van der Waals surface area contributed by atoms with Crippen molar-refractivity contribution in [2.45, 2.75) is 24.4 Å². The predicted molar refractivity (Wildman–Crippen MR) is 112 cm³/mol. The molecule has 0 aromatic heterocycles. The molecular formula is C25H21NO4.